The molecule has 0 bridgehead atoms. The molecule has 0 amide bonds. The highest BCUT2D eigenvalue weighted by Gasteiger charge is 2.18. The molecule has 0 unspecified atom stereocenters. The van der Waals surface area contributed by atoms with Crippen molar-refractivity contribution in [1.29, 1.82) is 0 Å². The zero-order chi connectivity index (χ0) is 11.5. The van der Waals surface area contributed by atoms with Crippen molar-refractivity contribution in [2.45, 2.75) is 13.3 Å². The third kappa shape index (κ3) is 3.07. The number of sulfonamides is 1. The zero-order valence-electron chi connectivity index (χ0n) is 8.64. The Morgan fingerprint density at radius 3 is 2.67 bits per heavy atom. The monoisotopic (exact) mass is 248 g/mol. The van der Waals surface area contributed by atoms with Crippen molar-refractivity contribution in [3.05, 3.63) is 23.5 Å². The molecule has 4 nitrogen and oxygen atoms in total. The number of pyridine rings is 1. The molecule has 0 spiro atoms. The van der Waals surface area contributed by atoms with Gasteiger partial charge in [0.05, 0.1) is 11.9 Å². The normalized spacial score (nSPS) is 11.4. The van der Waals surface area contributed by atoms with Crippen molar-refractivity contribution in [2.75, 3.05) is 17.1 Å². The smallest absolute Gasteiger partial charge is 0.232 e. The first kappa shape index (κ1) is 12.3. The molecule has 1 heterocycles. The van der Waals surface area contributed by atoms with Gasteiger partial charge in [0.25, 0.3) is 0 Å². The van der Waals surface area contributed by atoms with E-state index in [1.807, 2.05) is 6.92 Å². The van der Waals surface area contributed by atoms with Crippen LogP contribution in [0.15, 0.2) is 18.3 Å². The number of aromatic nitrogens is 1. The quantitative estimate of drug-likeness (QED) is 0.765. The lowest BCUT2D eigenvalue weighted by Gasteiger charge is -2.21. The third-order valence-electron chi connectivity index (χ3n) is 1.84. The summed E-state index contributed by atoms with van der Waals surface area (Å²) < 4.78 is 24.3. The van der Waals surface area contributed by atoms with Crippen molar-refractivity contribution in [3.63, 3.8) is 0 Å². The van der Waals surface area contributed by atoms with Gasteiger partial charge in [0.2, 0.25) is 10.0 Å². The lowest BCUT2D eigenvalue weighted by molar-refractivity contribution is 0.596. The van der Waals surface area contributed by atoms with E-state index in [1.54, 1.807) is 12.1 Å². The molecule has 0 aromatic carbocycles. The van der Waals surface area contributed by atoms with E-state index in [4.69, 9.17) is 11.6 Å². The van der Waals surface area contributed by atoms with Gasteiger partial charge < -0.3 is 0 Å². The van der Waals surface area contributed by atoms with E-state index < -0.39 is 10.0 Å². The third-order valence-corrected chi connectivity index (χ3v) is 3.31. The number of nitrogens with zero attached hydrogens (tertiary/aromatic N) is 2. The zero-order valence-corrected chi connectivity index (χ0v) is 10.2. The number of rotatable bonds is 4. The van der Waals surface area contributed by atoms with Crippen molar-refractivity contribution in [2.24, 2.45) is 0 Å². The maximum Gasteiger partial charge on any atom is 0.232 e. The van der Waals surface area contributed by atoms with Crippen molar-refractivity contribution in [1.82, 2.24) is 4.98 Å². The Kier molecular flexibility index (Phi) is 3.93. The fourth-order valence-electron chi connectivity index (χ4n) is 1.23. The minimum Gasteiger partial charge on any atom is -0.267 e. The van der Waals surface area contributed by atoms with E-state index in [9.17, 15) is 8.42 Å². The predicted octanol–water partition coefficient (Wildman–Crippen LogP) is 1.91. The van der Waals surface area contributed by atoms with Crippen molar-refractivity contribution in [3.8, 4) is 0 Å². The molecule has 6 heteroatoms. The summed E-state index contributed by atoms with van der Waals surface area (Å²) in [4.78, 5) is 3.86. The summed E-state index contributed by atoms with van der Waals surface area (Å²) in [7, 11) is -3.29. The topological polar surface area (TPSA) is 50.3 Å². The second kappa shape index (κ2) is 4.81. The van der Waals surface area contributed by atoms with E-state index >= 15 is 0 Å². The van der Waals surface area contributed by atoms with Crippen LogP contribution in [0.5, 0.6) is 0 Å². The van der Waals surface area contributed by atoms with Crippen LogP contribution in [0, 0.1) is 0 Å². The molecule has 0 fully saturated rings. The Labute approximate surface area is 94.9 Å². The molecule has 1 rings (SSSR count). The Morgan fingerprint density at radius 2 is 2.20 bits per heavy atom. The molecule has 0 N–H and O–H groups in total. The second-order valence-electron chi connectivity index (χ2n) is 3.15. The first-order chi connectivity index (χ1) is 6.96. The second-order valence-corrected chi connectivity index (χ2v) is 5.41. The van der Waals surface area contributed by atoms with E-state index in [2.05, 4.69) is 4.98 Å². The molecule has 0 aliphatic carbocycles. The first-order valence-corrected chi connectivity index (χ1v) is 6.77. The summed E-state index contributed by atoms with van der Waals surface area (Å²) >= 11 is 5.84. The molecule has 0 saturated carbocycles. The molecule has 1 aromatic rings. The molecule has 0 aliphatic heterocycles. The Hall–Kier alpha value is -0.810. The Morgan fingerprint density at radius 1 is 1.53 bits per heavy atom. The van der Waals surface area contributed by atoms with Gasteiger partial charge in [-0.2, -0.15) is 0 Å². The summed E-state index contributed by atoms with van der Waals surface area (Å²) in [6.45, 7) is 2.31. The van der Waals surface area contributed by atoms with E-state index in [1.165, 1.54) is 10.5 Å². The van der Waals surface area contributed by atoms with E-state index in [0.717, 1.165) is 12.7 Å². The largest absolute Gasteiger partial charge is 0.267 e. The Bertz CT molecular complexity index is 433. The summed E-state index contributed by atoms with van der Waals surface area (Å²) in [6, 6.07) is 3.31. The summed E-state index contributed by atoms with van der Waals surface area (Å²) in [5, 5.41) is 0.205. The van der Waals surface area contributed by atoms with Crippen LogP contribution in [0.25, 0.3) is 0 Å². The molecule has 1 aromatic heterocycles. The minimum atomic E-state index is -3.29. The maximum atomic E-state index is 11.5. The van der Waals surface area contributed by atoms with Crippen LogP contribution >= 0.6 is 11.6 Å². The molecule has 0 saturated heterocycles. The van der Waals surface area contributed by atoms with Crippen LogP contribution in [0.4, 0.5) is 5.69 Å². The number of hydrogen-bond acceptors (Lipinski definition) is 3. The van der Waals surface area contributed by atoms with Crippen LogP contribution in [-0.4, -0.2) is 26.2 Å². The molecule has 84 valence electrons. The molecular formula is C9H13ClN2O2S. The number of hydrogen-bond donors (Lipinski definition) is 0. The van der Waals surface area contributed by atoms with Gasteiger partial charge in [-0.1, -0.05) is 18.5 Å². The van der Waals surface area contributed by atoms with Crippen LogP contribution in [0.1, 0.15) is 13.3 Å². The van der Waals surface area contributed by atoms with Gasteiger partial charge in [-0.05, 0) is 18.6 Å². The lowest BCUT2D eigenvalue weighted by atomic mass is 10.4. The maximum absolute atomic E-state index is 11.5. The van der Waals surface area contributed by atoms with Gasteiger partial charge >= 0.3 is 0 Å². The van der Waals surface area contributed by atoms with Gasteiger partial charge in [0.1, 0.15) is 0 Å². The molecule has 0 radical (unpaired) electrons. The average molecular weight is 249 g/mol. The fourth-order valence-corrected chi connectivity index (χ4v) is 2.52. The Balaban J connectivity index is 3.16. The molecule has 15 heavy (non-hydrogen) atoms. The summed E-state index contributed by atoms with van der Waals surface area (Å²) in [5.74, 6) is 0. The summed E-state index contributed by atoms with van der Waals surface area (Å²) in [5.41, 5.74) is 0.434. The van der Waals surface area contributed by atoms with Crippen LogP contribution < -0.4 is 4.31 Å². The number of anilines is 1. The molecule has 0 atom stereocenters. The van der Waals surface area contributed by atoms with Gasteiger partial charge in [0, 0.05) is 12.7 Å². The highest BCUT2D eigenvalue weighted by molar-refractivity contribution is 7.92. The van der Waals surface area contributed by atoms with Gasteiger partial charge in [0.15, 0.2) is 5.15 Å². The van der Waals surface area contributed by atoms with E-state index in [-0.39, 0.29) is 5.15 Å². The van der Waals surface area contributed by atoms with Crippen molar-refractivity contribution >= 4 is 27.3 Å². The van der Waals surface area contributed by atoms with Crippen LogP contribution in [-0.2, 0) is 10.0 Å². The highest BCUT2D eigenvalue weighted by Crippen LogP contribution is 2.24. The minimum absolute atomic E-state index is 0.205. The molecular weight excluding hydrogens is 236 g/mol. The van der Waals surface area contributed by atoms with Crippen LogP contribution in [0.3, 0.4) is 0 Å². The highest BCUT2D eigenvalue weighted by atomic mass is 35.5. The van der Waals surface area contributed by atoms with Gasteiger partial charge in [-0.25, -0.2) is 13.4 Å². The lowest BCUT2D eigenvalue weighted by Crippen LogP contribution is -2.30. The molecule has 0 aliphatic rings. The van der Waals surface area contributed by atoms with Gasteiger partial charge in [-0.15, -0.1) is 0 Å². The van der Waals surface area contributed by atoms with E-state index in [0.29, 0.717) is 12.2 Å². The number of halogens is 1. The van der Waals surface area contributed by atoms with Crippen molar-refractivity contribution < 1.29 is 8.42 Å². The predicted molar refractivity (Wildman–Crippen MR) is 61.7 cm³/mol. The first-order valence-electron chi connectivity index (χ1n) is 4.55. The fraction of sp³-hybridized carbons (Fsp3) is 0.444. The van der Waals surface area contributed by atoms with Gasteiger partial charge in [-0.3, -0.25) is 4.31 Å². The van der Waals surface area contributed by atoms with Crippen LogP contribution in [0.2, 0.25) is 5.15 Å². The standard InChI is InChI=1S/C9H13ClN2O2S/c1-3-7-12(15(2,13)14)8-5-4-6-11-9(8)10/h4-6H,3,7H2,1-2H3. The summed E-state index contributed by atoms with van der Waals surface area (Å²) in [6.07, 6.45) is 3.41. The SMILES string of the molecule is CCCN(c1cccnc1Cl)S(C)(=O)=O. The average Bonchev–Trinajstić information content (AvgIpc) is 2.14.